The summed E-state index contributed by atoms with van der Waals surface area (Å²) >= 11 is 0. The first-order chi connectivity index (χ1) is 5.93. The molecule has 0 heterocycles. The van der Waals surface area contributed by atoms with Gasteiger partial charge in [0.25, 0.3) is 0 Å². The van der Waals surface area contributed by atoms with Crippen molar-refractivity contribution in [2.75, 3.05) is 6.54 Å². The molecule has 0 aromatic carbocycles. The lowest BCUT2D eigenvalue weighted by Crippen LogP contribution is -2.27. The minimum absolute atomic E-state index is 0.0142. The zero-order valence-electron chi connectivity index (χ0n) is 7.94. The summed E-state index contributed by atoms with van der Waals surface area (Å²) in [4.78, 5) is 7.28. The summed E-state index contributed by atoms with van der Waals surface area (Å²) in [6.07, 6.45) is -0.521. The van der Waals surface area contributed by atoms with Crippen LogP contribution in [0.1, 0.15) is 13.8 Å². The Kier molecular flexibility index (Phi) is 4.83. The van der Waals surface area contributed by atoms with Crippen molar-refractivity contribution in [3.8, 4) is 0 Å². The van der Waals surface area contributed by atoms with Gasteiger partial charge in [0.1, 0.15) is 0 Å². The third-order valence-corrected chi connectivity index (χ3v) is 1.45. The number of rotatable bonds is 3. The molecule has 0 saturated carbocycles. The fourth-order valence-corrected chi connectivity index (χ4v) is 0.566. The van der Waals surface area contributed by atoms with Crippen molar-refractivity contribution in [1.82, 2.24) is 0 Å². The highest BCUT2D eigenvalue weighted by Crippen LogP contribution is 2.00. The van der Waals surface area contributed by atoms with Crippen LogP contribution in [-0.2, 0) is 0 Å². The topological polar surface area (TPSA) is 123 Å². The number of aliphatic hydroxyl groups is 1. The van der Waals surface area contributed by atoms with Crippen molar-refractivity contribution in [2.45, 2.75) is 20.0 Å². The van der Waals surface area contributed by atoms with Crippen molar-refractivity contribution >= 4 is 11.9 Å². The summed E-state index contributed by atoms with van der Waals surface area (Å²) in [7, 11) is 0. The van der Waals surface area contributed by atoms with Crippen LogP contribution in [0.25, 0.3) is 0 Å². The molecular weight excluding hydrogens is 170 g/mol. The molecule has 7 N–H and O–H groups in total. The Morgan fingerprint density at radius 1 is 1.31 bits per heavy atom. The summed E-state index contributed by atoms with van der Waals surface area (Å²) in [5.41, 5.74) is 15.4. The monoisotopic (exact) mass is 187 g/mol. The fraction of sp³-hybridized carbons (Fsp3) is 0.714. The Balaban J connectivity index is 4.04. The van der Waals surface area contributed by atoms with Crippen LogP contribution < -0.4 is 17.2 Å². The lowest BCUT2D eigenvalue weighted by molar-refractivity contribution is 0.134. The maximum Gasteiger partial charge on any atom is 0.218 e. The lowest BCUT2D eigenvalue weighted by atomic mass is 10.1. The van der Waals surface area contributed by atoms with E-state index in [9.17, 15) is 5.11 Å². The van der Waals surface area contributed by atoms with Crippen LogP contribution in [0.4, 0.5) is 0 Å². The Labute approximate surface area is 77.5 Å². The third kappa shape index (κ3) is 5.92. The molecule has 0 radical (unpaired) electrons. The van der Waals surface area contributed by atoms with Crippen LogP contribution in [0, 0.1) is 5.92 Å². The molecule has 0 fully saturated rings. The molecule has 76 valence electrons. The van der Waals surface area contributed by atoms with Gasteiger partial charge in [-0.25, -0.2) is 4.99 Å². The van der Waals surface area contributed by atoms with Gasteiger partial charge in [-0.2, -0.15) is 4.99 Å². The van der Waals surface area contributed by atoms with E-state index in [2.05, 4.69) is 9.98 Å². The molecule has 13 heavy (non-hydrogen) atoms. The van der Waals surface area contributed by atoms with Crippen LogP contribution in [0.15, 0.2) is 9.98 Å². The van der Waals surface area contributed by atoms with Gasteiger partial charge in [0.2, 0.25) is 5.96 Å². The maximum atomic E-state index is 9.34. The smallest absolute Gasteiger partial charge is 0.218 e. The van der Waals surface area contributed by atoms with E-state index in [1.54, 1.807) is 0 Å². The zero-order chi connectivity index (χ0) is 10.4. The third-order valence-electron chi connectivity index (χ3n) is 1.45. The van der Waals surface area contributed by atoms with Gasteiger partial charge in [-0.1, -0.05) is 13.8 Å². The standard InChI is InChI=1S/C7H17N5O/c1-4(2)5(13)3-11-7(10)12-6(8)9/h4-5,13H,3H2,1-2H3,(H6,8,9,10,11,12). The average molecular weight is 187 g/mol. The molecular formula is C7H17N5O. The normalized spacial score (nSPS) is 14.3. The van der Waals surface area contributed by atoms with Crippen LogP contribution in [0.5, 0.6) is 0 Å². The van der Waals surface area contributed by atoms with Gasteiger partial charge in [0, 0.05) is 0 Å². The molecule has 0 amide bonds. The number of aliphatic imine (C=N–C) groups is 2. The average Bonchev–Trinajstić information content (AvgIpc) is 1.98. The van der Waals surface area contributed by atoms with Crippen LogP contribution in [0.2, 0.25) is 0 Å². The molecule has 1 unspecified atom stereocenters. The van der Waals surface area contributed by atoms with Crippen LogP contribution in [0.3, 0.4) is 0 Å². The molecule has 0 saturated heterocycles. The van der Waals surface area contributed by atoms with Crippen molar-refractivity contribution in [2.24, 2.45) is 33.1 Å². The highest BCUT2D eigenvalue weighted by atomic mass is 16.3. The molecule has 0 aliphatic heterocycles. The summed E-state index contributed by atoms with van der Waals surface area (Å²) < 4.78 is 0. The van der Waals surface area contributed by atoms with Gasteiger partial charge in [0.05, 0.1) is 12.6 Å². The predicted octanol–water partition coefficient (Wildman–Crippen LogP) is -1.41. The summed E-state index contributed by atoms with van der Waals surface area (Å²) in [5.74, 6) is -0.0178. The van der Waals surface area contributed by atoms with E-state index in [0.29, 0.717) is 0 Å². The van der Waals surface area contributed by atoms with E-state index in [0.717, 1.165) is 0 Å². The van der Waals surface area contributed by atoms with E-state index >= 15 is 0 Å². The summed E-state index contributed by atoms with van der Waals surface area (Å²) in [6.45, 7) is 3.98. The van der Waals surface area contributed by atoms with Gasteiger partial charge in [0.15, 0.2) is 5.96 Å². The number of hydrogen-bond acceptors (Lipinski definition) is 2. The first kappa shape index (κ1) is 11.7. The van der Waals surface area contributed by atoms with Crippen LogP contribution in [-0.4, -0.2) is 29.7 Å². The van der Waals surface area contributed by atoms with Crippen molar-refractivity contribution in [3.05, 3.63) is 0 Å². The van der Waals surface area contributed by atoms with Gasteiger partial charge in [-0.3, -0.25) is 0 Å². The van der Waals surface area contributed by atoms with Crippen molar-refractivity contribution < 1.29 is 5.11 Å². The van der Waals surface area contributed by atoms with Crippen molar-refractivity contribution in [3.63, 3.8) is 0 Å². The first-order valence-electron chi connectivity index (χ1n) is 4.01. The first-order valence-corrected chi connectivity index (χ1v) is 4.01. The molecule has 1 atom stereocenters. The molecule has 6 heteroatoms. The molecule has 0 aromatic rings. The van der Waals surface area contributed by atoms with E-state index in [1.165, 1.54) is 0 Å². The SMILES string of the molecule is CC(C)C(O)CN=C(N)N=C(N)N. The number of guanidine groups is 2. The predicted molar refractivity (Wildman–Crippen MR) is 53.1 cm³/mol. The minimum atomic E-state index is -0.521. The number of nitrogens with zero attached hydrogens (tertiary/aromatic N) is 2. The highest BCUT2D eigenvalue weighted by Gasteiger charge is 2.07. The lowest BCUT2D eigenvalue weighted by Gasteiger charge is -2.10. The summed E-state index contributed by atoms with van der Waals surface area (Å²) in [5, 5.41) is 9.34. The van der Waals surface area contributed by atoms with Gasteiger partial charge in [-0.15, -0.1) is 0 Å². The number of nitrogens with two attached hydrogens (primary N) is 3. The Morgan fingerprint density at radius 2 is 1.85 bits per heavy atom. The molecule has 0 aromatic heterocycles. The number of aliphatic hydroxyl groups excluding tert-OH is 1. The second-order valence-corrected chi connectivity index (χ2v) is 3.05. The largest absolute Gasteiger partial charge is 0.391 e. The minimum Gasteiger partial charge on any atom is -0.391 e. The molecule has 6 nitrogen and oxygen atoms in total. The van der Waals surface area contributed by atoms with Gasteiger partial charge >= 0.3 is 0 Å². The fourth-order valence-electron chi connectivity index (χ4n) is 0.566. The Bertz CT molecular complexity index is 207. The highest BCUT2D eigenvalue weighted by molar-refractivity contribution is 5.92. The molecule has 0 rings (SSSR count). The Hall–Kier alpha value is -1.30. The quantitative estimate of drug-likeness (QED) is 0.320. The van der Waals surface area contributed by atoms with Crippen molar-refractivity contribution in [1.29, 1.82) is 0 Å². The second kappa shape index (κ2) is 5.36. The van der Waals surface area contributed by atoms with E-state index < -0.39 is 6.10 Å². The van der Waals surface area contributed by atoms with Gasteiger partial charge < -0.3 is 22.3 Å². The zero-order valence-corrected chi connectivity index (χ0v) is 7.94. The van der Waals surface area contributed by atoms with Gasteiger partial charge in [-0.05, 0) is 5.92 Å². The van der Waals surface area contributed by atoms with Crippen LogP contribution >= 0.6 is 0 Å². The maximum absolute atomic E-state index is 9.34. The van der Waals surface area contributed by atoms with E-state index in [-0.39, 0.29) is 24.4 Å². The number of hydrogen-bond donors (Lipinski definition) is 4. The molecule has 0 aliphatic carbocycles. The van der Waals surface area contributed by atoms with E-state index in [4.69, 9.17) is 17.2 Å². The molecule has 0 bridgehead atoms. The van der Waals surface area contributed by atoms with E-state index in [1.807, 2.05) is 13.8 Å². The summed E-state index contributed by atoms with van der Waals surface area (Å²) in [6, 6.07) is 0. The Morgan fingerprint density at radius 3 is 2.23 bits per heavy atom. The molecule has 0 aliphatic rings. The second-order valence-electron chi connectivity index (χ2n) is 3.05. The molecule has 0 spiro atoms.